The van der Waals surface area contributed by atoms with E-state index in [2.05, 4.69) is 15.3 Å². The van der Waals surface area contributed by atoms with Crippen molar-refractivity contribution in [3.05, 3.63) is 48.7 Å². The lowest BCUT2D eigenvalue weighted by atomic mass is 10.1. The molecule has 0 aliphatic heterocycles. The molecular weight excluding hydrogens is 281 g/mol. The Labute approximate surface area is 128 Å². The van der Waals surface area contributed by atoms with Gasteiger partial charge in [-0.25, -0.2) is 14.4 Å². The van der Waals surface area contributed by atoms with Crippen molar-refractivity contribution in [1.29, 1.82) is 0 Å². The largest absolute Gasteiger partial charge is 0.489 e. The number of hydrogen-bond donors (Lipinski definition) is 1. The predicted molar refractivity (Wildman–Crippen MR) is 86.0 cm³/mol. The second kappa shape index (κ2) is 6.39. The lowest BCUT2D eigenvalue weighted by Gasteiger charge is -2.10. The van der Waals surface area contributed by atoms with Crippen LogP contribution in [0.25, 0.3) is 22.3 Å². The Kier molecular flexibility index (Phi) is 4.14. The average molecular weight is 297 g/mol. The molecular formula is C17H16FN3O. The van der Waals surface area contributed by atoms with Crippen LogP contribution in [0.1, 0.15) is 0 Å². The van der Waals surface area contributed by atoms with E-state index in [4.69, 9.17) is 4.74 Å². The molecule has 3 aromatic rings. The number of aromatic nitrogens is 2. The van der Waals surface area contributed by atoms with Gasteiger partial charge in [0.25, 0.3) is 0 Å². The summed E-state index contributed by atoms with van der Waals surface area (Å²) in [7, 11) is 1.87. The molecule has 1 heterocycles. The normalized spacial score (nSPS) is 10.6. The molecule has 5 heteroatoms. The maximum atomic E-state index is 12.3. The fraction of sp³-hybridized carbons (Fsp3) is 0.176. The van der Waals surface area contributed by atoms with Crippen LogP contribution in [0.15, 0.2) is 48.7 Å². The molecule has 0 bridgehead atoms. The van der Waals surface area contributed by atoms with E-state index in [1.807, 2.05) is 43.4 Å². The third-order valence-corrected chi connectivity index (χ3v) is 3.34. The third kappa shape index (κ3) is 2.70. The monoisotopic (exact) mass is 297 g/mol. The smallest absolute Gasteiger partial charge is 0.147 e. The van der Waals surface area contributed by atoms with Crippen LogP contribution in [0.5, 0.6) is 5.75 Å². The molecule has 1 aromatic heterocycles. The molecule has 0 saturated heterocycles. The summed E-state index contributed by atoms with van der Waals surface area (Å²) in [5, 5.41) is 3.15. The average Bonchev–Trinajstić information content (AvgIpc) is 2.59. The van der Waals surface area contributed by atoms with Gasteiger partial charge in [0.1, 0.15) is 24.5 Å². The zero-order valence-electron chi connectivity index (χ0n) is 12.2. The van der Waals surface area contributed by atoms with Gasteiger partial charge in [0, 0.05) is 18.3 Å². The van der Waals surface area contributed by atoms with Gasteiger partial charge in [-0.3, -0.25) is 0 Å². The van der Waals surface area contributed by atoms with Crippen molar-refractivity contribution in [3.63, 3.8) is 0 Å². The van der Waals surface area contributed by atoms with Crippen molar-refractivity contribution in [2.75, 3.05) is 25.6 Å². The molecule has 0 saturated carbocycles. The molecule has 0 unspecified atom stereocenters. The van der Waals surface area contributed by atoms with Crippen molar-refractivity contribution >= 4 is 16.7 Å². The minimum Gasteiger partial charge on any atom is -0.489 e. The highest BCUT2D eigenvalue weighted by Crippen LogP contribution is 2.29. The second-order valence-corrected chi connectivity index (χ2v) is 4.71. The van der Waals surface area contributed by atoms with Crippen LogP contribution in [0.4, 0.5) is 10.1 Å². The first kappa shape index (κ1) is 14.3. The van der Waals surface area contributed by atoms with Gasteiger partial charge < -0.3 is 10.1 Å². The summed E-state index contributed by atoms with van der Waals surface area (Å²) in [4.78, 5) is 9.09. The van der Waals surface area contributed by atoms with Crippen molar-refractivity contribution in [1.82, 2.24) is 9.97 Å². The first-order valence-electron chi connectivity index (χ1n) is 7.05. The number of halogens is 1. The Morgan fingerprint density at radius 2 is 2.00 bits per heavy atom. The van der Waals surface area contributed by atoms with E-state index >= 15 is 0 Å². The number of rotatable bonds is 5. The standard InChI is InChI=1S/C17H16FN3O/c1-19-13-6-3-2-5-12(13)15-11-20-17-14(21-15)7-4-8-16(17)22-10-9-18/h2-8,11,19H,9-10H2,1H3. The van der Waals surface area contributed by atoms with Crippen LogP contribution in [-0.4, -0.2) is 30.3 Å². The Morgan fingerprint density at radius 3 is 2.82 bits per heavy atom. The molecule has 1 N–H and O–H groups in total. The van der Waals surface area contributed by atoms with E-state index in [0.717, 1.165) is 22.5 Å². The molecule has 3 rings (SSSR count). The van der Waals surface area contributed by atoms with E-state index in [1.54, 1.807) is 12.3 Å². The number of ether oxygens (including phenoxy) is 1. The van der Waals surface area contributed by atoms with Crippen LogP contribution < -0.4 is 10.1 Å². The van der Waals surface area contributed by atoms with Gasteiger partial charge in [-0.1, -0.05) is 24.3 Å². The van der Waals surface area contributed by atoms with Crippen LogP contribution in [0, 0.1) is 0 Å². The van der Waals surface area contributed by atoms with Gasteiger partial charge in [-0.05, 0) is 18.2 Å². The highest BCUT2D eigenvalue weighted by molar-refractivity contribution is 5.84. The SMILES string of the molecule is CNc1ccccc1-c1cnc2c(OCCF)cccc2n1. The predicted octanol–water partition coefficient (Wildman–Crippen LogP) is 3.69. The van der Waals surface area contributed by atoms with Crippen molar-refractivity contribution < 1.29 is 9.13 Å². The molecule has 112 valence electrons. The zero-order valence-corrected chi connectivity index (χ0v) is 12.2. The van der Waals surface area contributed by atoms with Crippen molar-refractivity contribution in [3.8, 4) is 17.0 Å². The molecule has 0 amide bonds. The Morgan fingerprint density at radius 1 is 1.14 bits per heavy atom. The van der Waals surface area contributed by atoms with Crippen molar-refractivity contribution in [2.45, 2.75) is 0 Å². The number of anilines is 1. The van der Waals surface area contributed by atoms with Gasteiger partial charge in [0.05, 0.1) is 17.4 Å². The number of alkyl halides is 1. The molecule has 2 aromatic carbocycles. The molecule has 0 fully saturated rings. The lowest BCUT2D eigenvalue weighted by Crippen LogP contribution is -2.00. The maximum Gasteiger partial charge on any atom is 0.147 e. The molecule has 0 aliphatic carbocycles. The fourth-order valence-corrected chi connectivity index (χ4v) is 2.33. The Balaban J connectivity index is 2.07. The number of benzene rings is 2. The number of nitrogens with one attached hydrogen (secondary N) is 1. The highest BCUT2D eigenvalue weighted by Gasteiger charge is 2.09. The van der Waals surface area contributed by atoms with Gasteiger partial charge in [0.2, 0.25) is 0 Å². The maximum absolute atomic E-state index is 12.3. The molecule has 0 atom stereocenters. The summed E-state index contributed by atoms with van der Waals surface area (Å²) >= 11 is 0. The number of para-hydroxylation sites is 2. The van der Waals surface area contributed by atoms with Gasteiger partial charge in [-0.15, -0.1) is 0 Å². The Bertz CT molecular complexity index is 792. The van der Waals surface area contributed by atoms with Crippen LogP contribution in [-0.2, 0) is 0 Å². The van der Waals surface area contributed by atoms with Gasteiger partial charge in [-0.2, -0.15) is 0 Å². The summed E-state index contributed by atoms with van der Waals surface area (Å²) in [6.45, 7) is -0.511. The van der Waals surface area contributed by atoms with Crippen LogP contribution in [0.2, 0.25) is 0 Å². The van der Waals surface area contributed by atoms with Crippen LogP contribution in [0.3, 0.4) is 0 Å². The molecule has 22 heavy (non-hydrogen) atoms. The number of hydrogen-bond acceptors (Lipinski definition) is 4. The molecule has 0 spiro atoms. The summed E-state index contributed by atoms with van der Waals surface area (Å²) in [5.41, 5.74) is 4.11. The highest BCUT2D eigenvalue weighted by atomic mass is 19.1. The molecule has 0 aliphatic rings. The first-order valence-corrected chi connectivity index (χ1v) is 7.05. The number of fused-ring (bicyclic) bond motifs is 1. The van der Waals surface area contributed by atoms with E-state index in [1.165, 1.54) is 0 Å². The van der Waals surface area contributed by atoms with Crippen molar-refractivity contribution in [2.24, 2.45) is 0 Å². The van der Waals surface area contributed by atoms with Gasteiger partial charge in [0.15, 0.2) is 0 Å². The topological polar surface area (TPSA) is 47.0 Å². The summed E-state index contributed by atoms with van der Waals surface area (Å²) < 4.78 is 17.6. The van der Waals surface area contributed by atoms with E-state index in [0.29, 0.717) is 11.3 Å². The van der Waals surface area contributed by atoms with E-state index in [9.17, 15) is 4.39 Å². The third-order valence-electron chi connectivity index (χ3n) is 3.34. The summed E-state index contributed by atoms with van der Waals surface area (Å²) in [6.07, 6.45) is 1.71. The van der Waals surface area contributed by atoms with Gasteiger partial charge >= 0.3 is 0 Å². The quantitative estimate of drug-likeness (QED) is 0.780. The Hall–Kier alpha value is -2.69. The minimum absolute atomic E-state index is 0.0190. The lowest BCUT2D eigenvalue weighted by molar-refractivity contribution is 0.275. The first-order chi connectivity index (χ1) is 10.8. The molecule has 4 nitrogen and oxygen atoms in total. The minimum atomic E-state index is -0.530. The molecule has 0 radical (unpaired) electrons. The summed E-state index contributed by atoms with van der Waals surface area (Å²) in [5.74, 6) is 0.552. The second-order valence-electron chi connectivity index (χ2n) is 4.71. The van der Waals surface area contributed by atoms with E-state index in [-0.39, 0.29) is 6.61 Å². The fourth-order valence-electron chi connectivity index (χ4n) is 2.33. The zero-order chi connectivity index (χ0) is 15.4. The number of nitrogens with zero attached hydrogens (tertiary/aromatic N) is 2. The van der Waals surface area contributed by atoms with E-state index < -0.39 is 6.67 Å². The summed E-state index contributed by atoms with van der Waals surface area (Å²) in [6, 6.07) is 13.4. The van der Waals surface area contributed by atoms with Crippen LogP contribution >= 0.6 is 0 Å².